The van der Waals surface area contributed by atoms with Crippen LogP contribution in [0.2, 0.25) is 10.0 Å². The summed E-state index contributed by atoms with van der Waals surface area (Å²) in [6.07, 6.45) is 0.742. The highest BCUT2D eigenvalue weighted by Gasteiger charge is 2.39. The van der Waals surface area contributed by atoms with Gasteiger partial charge in [0.25, 0.3) is 5.91 Å². The first-order valence-electron chi connectivity index (χ1n) is 13.4. The lowest BCUT2D eigenvalue weighted by Gasteiger charge is -2.38. The van der Waals surface area contributed by atoms with Crippen molar-refractivity contribution < 1.29 is 23.9 Å². The lowest BCUT2D eigenvalue weighted by Crippen LogP contribution is -2.51. The Morgan fingerprint density at radius 2 is 1.77 bits per heavy atom. The van der Waals surface area contributed by atoms with E-state index in [-0.39, 0.29) is 23.6 Å². The molecule has 0 radical (unpaired) electrons. The van der Waals surface area contributed by atoms with Crippen molar-refractivity contribution in [2.24, 2.45) is 0 Å². The fraction of sp³-hybridized carbons (Fsp3) is 0.414. The Bertz CT molecular complexity index is 1280. The molecule has 3 amide bonds. The van der Waals surface area contributed by atoms with Gasteiger partial charge in [-0.15, -0.1) is 0 Å². The zero-order valence-corrected chi connectivity index (χ0v) is 24.4. The van der Waals surface area contributed by atoms with Gasteiger partial charge in [0.2, 0.25) is 0 Å². The van der Waals surface area contributed by atoms with E-state index in [0.717, 1.165) is 6.42 Å². The van der Waals surface area contributed by atoms with Crippen LogP contribution in [-0.4, -0.2) is 85.6 Å². The van der Waals surface area contributed by atoms with Crippen LogP contribution in [0.3, 0.4) is 0 Å². The molecule has 1 fully saturated rings. The summed E-state index contributed by atoms with van der Waals surface area (Å²) in [4.78, 5) is 45.4. The third kappa shape index (κ3) is 6.37. The number of amides is 3. The molecule has 2 aromatic carbocycles. The molecule has 214 valence electrons. The maximum absolute atomic E-state index is 13.4. The number of rotatable bonds is 8. The van der Waals surface area contributed by atoms with E-state index in [9.17, 15) is 14.4 Å². The molecule has 2 aliphatic rings. The van der Waals surface area contributed by atoms with Crippen LogP contribution in [0.4, 0.5) is 4.79 Å². The average molecular weight is 590 g/mol. The van der Waals surface area contributed by atoms with Crippen molar-refractivity contribution in [3.63, 3.8) is 0 Å². The third-order valence-corrected chi connectivity index (χ3v) is 7.96. The number of hydrogen-bond donors (Lipinski definition) is 1. The number of ether oxygens (including phenoxy) is 2. The van der Waals surface area contributed by atoms with Gasteiger partial charge in [0.1, 0.15) is 5.75 Å². The first-order chi connectivity index (χ1) is 19.3. The van der Waals surface area contributed by atoms with Crippen molar-refractivity contribution in [2.75, 3.05) is 53.0 Å². The first-order valence-corrected chi connectivity index (χ1v) is 14.1. The minimum absolute atomic E-state index is 0.0428. The SMILES string of the molecule is CCOC(=O)C1=C(CN2CCCN(C(=O)c3ccc(OC)cc3)CC2)N(CC)C(=O)NC1c1cccc(Cl)c1Cl. The zero-order chi connectivity index (χ0) is 28.8. The maximum Gasteiger partial charge on any atom is 0.338 e. The predicted molar refractivity (Wildman–Crippen MR) is 154 cm³/mol. The van der Waals surface area contributed by atoms with E-state index in [2.05, 4.69) is 10.2 Å². The molecule has 1 N–H and O–H groups in total. The van der Waals surface area contributed by atoms with Gasteiger partial charge in [-0.3, -0.25) is 14.6 Å². The molecule has 2 aliphatic heterocycles. The number of benzene rings is 2. The van der Waals surface area contributed by atoms with Crippen LogP contribution in [0.15, 0.2) is 53.7 Å². The summed E-state index contributed by atoms with van der Waals surface area (Å²) in [7, 11) is 1.59. The number of halogens is 2. The lowest BCUT2D eigenvalue weighted by atomic mass is 9.94. The van der Waals surface area contributed by atoms with Crippen LogP contribution in [0, 0.1) is 0 Å². The van der Waals surface area contributed by atoms with Gasteiger partial charge in [-0.25, -0.2) is 9.59 Å². The molecular formula is C29H34Cl2N4O5. The molecule has 0 spiro atoms. The second-order valence-electron chi connectivity index (χ2n) is 9.50. The second-order valence-corrected chi connectivity index (χ2v) is 10.3. The summed E-state index contributed by atoms with van der Waals surface area (Å²) in [6, 6.07) is 11.0. The number of nitrogens with zero attached hydrogens (tertiary/aromatic N) is 3. The van der Waals surface area contributed by atoms with Gasteiger partial charge in [-0.1, -0.05) is 35.3 Å². The Morgan fingerprint density at radius 3 is 2.45 bits per heavy atom. The van der Waals surface area contributed by atoms with Crippen molar-refractivity contribution in [1.29, 1.82) is 0 Å². The van der Waals surface area contributed by atoms with Crippen molar-refractivity contribution >= 4 is 41.1 Å². The average Bonchev–Trinajstić information content (AvgIpc) is 3.19. The van der Waals surface area contributed by atoms with Gasteiger partial charge in [0.15, 0.2) is 0 Å². The molecule has 11 heteroatoms. The van der Waals surface area contributed by atoms with Crippen LogP contribution in [0.1, 0.15) is 42.2 Å². The molecule has 4 rings (SSSR count). The topological polar surface area (TPSA) is 91.4 Å². The molecule has 0 saturated carbocycles. The molecule has 1 saturated heterocycles. The number of hydrogen-bond acceptors (Lipinski definition) is 6. The van der Waals surface area contributed by atoms with Crippen LogP contribution in [0.25, 0.3) is 0 Å². The number of carbonyl (C=O) groups excluding carboxylic acids is 3. The van der Waals surface area contributed by atoms with E-state index in [1.807, 2.05) is 11.8 Å². The molecule has 40 heavy (non-hydrogen) atoms. The fourth-order valence-corrected chi connectivity index (χ4v) is 5.51. The van der Waals surface area contributed by atoms with Crippen LogP contribution in [0.5, 0.6) is 5.75 Å². The number of urea groups is 1. The summed E-state index contributed by atoms with van der Waals surface area (Å²) in [5.74, 6) is 0.126. The van der Waals surface area contributed by atoms with Gasteiger partial charge in [-0.05, 0) is 56.2 Å². The lowest BCUT2D eigenvalue weighted by molar-refractivity contribution is -0.139. The van der Waals surface area contributed by atoms with Crippen molar-refractivity contribution in [2.45, 2.75) is 26.3 Å². The molecule has 0 aromatic heterocycles. The highest BCUT2D eigenvalue weighted by Crippen LogP contribution is 2.38. The molecule has 9 nitrogen and oxygen atoms in total. The fourth-order valence-electron chi connectivity index (χ4n) is 5.09. The Balaban J connectivity index is 1.62. The van der Waals surface area contributed by atoms with Gasteiger partial charge in [0.05, 0.1) is 35.4 Å². The summed E-state index contributed by atoms with van der Waals surface area (Å²) in [5, 5.41) is 3.51. The largest absolute Gasteiger partial charge is 0.497 e. The number of methoxy groups -OCH3 is 1. The number of esters is 1. The van der Waals surface area contributed by atoms with Gasteiger partial charge in [0, 0.05) is 50.5 Å². The van der Waals surface area contributed by atoms with E-state index in [4.69, 9.17) is 32.7 Å². The molecule has 1 atom stereocenters. The number of nitrogens with one attached hydrogen (secondary N) is 1. The third-order valence-electron chi connectivity index (χ3n) is 7.13. The predicted octanol–water partition coefficient (Wildman–Crippen LogP) is 4.75. The highest BCUT2D eigenvalue weighted by atomic mass is 35.5. The normalized spacial score (nSPS) is 18.3. The van der Waals surface area contributed by atoms with Crippen LogP contribution in [-0.2, 0) is 9.53 Å². The Labute approximate surface area is 244 Å². The minimum atomic E-state index is -0.823. The van der Waals surface area contributed by atoms with Crippen LogP contribution >= 0.6 is 23.2 Å². The minimum Gasteiger partial charge on any atom is -0.497 e. The van der Waals surface area contributed by atoms with Crippen LogP contribution < -0.4 is 10.1 Å². The van der Waals surface area contributed by atoms with E-state index in [1.54, 1.807) is 61.4 Å². The summed E-state index contributed by atoms with van der Waals surface area (Å²) < 4.78 is 10.7. The first kappa shape index (κ1) is 29.7. The number of likely N-dealkylation sites (N-methyl/N-ethyl adjacent to an activating group) is 1. The van der Waals surface area contributed by atoms with Gasteiger partial charge >= 0.3 is 12.0 Å². The van der Waals surface area contributed by atoms with E-state index >= 15 is 0 Å². The van der Waals surface area contributed by atoms with E-state index in [1.165, 1.54) is 0 Å². The summed E-state index contributed by atoms with van der Waals surface area (Å²) in [6.45, 7) is 6.83. The molecule has 2 heterocycles. The maximum atomic E-state index is 13.4. The highest BCUT2D eigenvalue weighted by molar-refractivity contribution is 6.42. The van der Waals surface area contributed by atoms with E-state index in [0.29, 0.717) is 72.4 Å². The Morgan fingerprint density at radius 1 is 1.02 bits per heavy atom. The molecule has 1 unspecified atom stereocenters. The van der Waals surface area contributed by atoms with Gasteiger partial charge < -0.3 is 19.7 Å². The van der Waals surface area contributed by atoms with Crippen molar-refractivity contribution in [3.8, 4) is 5.75 Å². The van der Waals surface area contributed by atoms with Crippen molar-refractivity contribution in [1.82, 2.24) is 20.0 Å². The smallest absolute Gasteiger partial charge is 0.338 e. The molecule has 2 aromatic rings. The Kier molecular flexibility index (Phi) is 9.95. The number of carbonyl (C=O) groups is 3. The van der Waals surface area contributed by atoms with Crippen molar-refractivity contribution in [3.05, 3.63) is 74.9 Å². The quantitative estimate of drug-likeness (QED) is 0.447. The monoisotopic (exact) mass is 588 g/mol. The van der Waals surface area contributed by atoms with Gasteiger partial charge in [-0.2, -0.15) is 0 Å². The summed E-state index contributed by atoms with van der Waals surface area (Å²) in [5.41, 5.74) is 2.00. The molecule has 0 aliphatic carbocycles. The Hall–Kier alpha value is -3.27. The summed E-state index contributed by atoms with van der Waals surface area (Å²) >= 11 is 12.8. The second kappa shape index (κ2) is 13.4. The van der Waals surface area contributed by atoms with E-state index < -0.39 is 12.0 Å². The molecular weight excluding hydrogens is 555 g/mol. The molecule has 0 bridgehead atoms. The standard InChI is InChI=1S/C29H34Cl2N4O5/c1-4-35-23(18-33-14-7-15-34(17-16-33)27(36)19-10-12-20(39-3)13-11-19)24(28(37)40-5-2)26(32-29(35)38)21-8-6-9-22(30)25(21)31/h6,8-13,26H,4-5,7,14-18H2,1-3H3,(H,32,38). The zero-order valence-electron chi connectivity index (χ0n) is 22.9.